The number of amides is 2. The molecule has 2 amide bonds. The first kappa shape index (κ1) is 21.6. The molecule has 0 unspecified atom stereocenters. The molecule has 7 nitrogen and oxygen atoms in total. The number of aromatic nitrogens is 2. The van der Waals surface area contributed by atoms with E-state index in [0.717, 1.165) is 23.5 Å². The average Bonchev–Trinajstić information content (AvgIpc) is 3.35. The molecule has 3 heterocycles. The molecule has 2 aromatic rings. The molecule has 1 saturated carbocycles. The number of fused-ring (bicyclic) bond motifs is 1. The molecule has 3 fully saturated rings. The predicted octanol–water partition coefficient (Wildman–Crippen LogP) is 2.22. The van der Waals surface area contributed by atoms with Crippen molar-refractivity contribution < 1.29 is 14.7 Å². The highest BCUT2D eigenvalue weighted by molar-refractivity contribution is 5.96. The first-order chi connectivity index (χ1) is 16.2. The van der Waals surface area contributed by atoms with Crippen LogP contribution in [0.1, 0.15) is 59.6 Å². The topological polar surface area (TPSA) is 86.6 Å². The van der Waals surface area contributed by atoms with Gasteiger partial charge in [0.05, 0.1) is 24.9 Å². The van der Waals surface area contributed by atoms with E-state index in [9.17, 15) is 14.7 Å². The van der Waals surface area contributed by atoms with Crippen molar-refractivity contribution in [3.8, 4) is 11.8 Å². The van der Waals surface area contributed by atoms with E-state index in [4.69, 9.17) is 0 Å². The highest BCUT2D eigenvalue weighted by Gasteiger charge is 2.54. The molecule has 3 aliphatic rings. The Labute approximate surface area is 193 Å². The van der Waals surface area contributed by atoms with Gasteiger partial charge in [0.25, 0.3) is 5.91 Å². The van der Waals surface area contributed by atoms with E-state index in [1.807, 2.05) is 24.3 Å². The van der Waals surface area contributed by atoms with Crippen LogP contribution in [0.5, 0.6) is 0 Å². The van der Waals surface area contributed by atoms with Gasteiger partial charge in [0.1, 0.15) is 12.2 Å². The van der Waals surface area contributed by atoms with Gasteiger partial charge in [0.2, 0.25) is 5.91 Å². The number of aliphatic hydroxyl groups excluding tert-OH is 1. The zero-order chi connectivity index (χ0) is 22.8. The number of hydrogen-bond donors (Lipinski definition) is 1. The van der Waals surface area contributed by atoms with Crippen molar-refractivity contribution in [2.45, 2.75) is 50.1 Å². The van der Waals surface area contributed by atoms with Crippen LogP contribution in [0.15, 0.2) is 42.9 Å². The second-order valence-corrected chi connectivity index (χ2v) is 9.20. The molecule has 1 aromatic carbocycles. The zero-order valence-corrected chi connectivity index (χ0v) is 18.6. The molecule has 5 rings (SSSR count). The van der Waals surface area contributed by atoms with Gasteiger partial charge in [-0.05, 0) is 36.5 Å². The maximum Gasteiger partial charge on any atom is 0.274 e. The molecule has 1 N–H and O–H groups in total. The fourth-order valence-electron chi connectivity index (χ4n) is 5.53. The summed E-state index contributed by atoms with van der Waals surface area (Å²) in [5.41, 5.74) is 2.26. The van der Waals surface area contributed by atoms with Gasteiger partial charge < -0.3 is 14.9 Å². The monoisotopic (exact) mass is 444 g/mol. The number of aliphatic hydroxyl groups is 1. The van der Waals surface area contributed by atoms with Crippen molar-refractivity contribution in [1.82, 2.24) is 19.8 Å². The van der Waals surface area contributed by atoms with Crippen LogP contribution in [0.2, 0.25) is 0 Å². The largest absolute Gasteiger partial charge is 0.394 e. The maximum atomic E-state index is 12.8. The van der Waals surface area contributed by atoms with Crippen molar-refractivity contribution in [3.63, 3.8) is 0 Å². The molecule has 1 aliphatic carbocycles. The molecule has 33 heavy (non-hydrogen) atoms. The van der Waals surface area contributed by atoms with E-state index in [1.165, 1.54) is 49.2 Å². The third kappa shape index (κ3) is 4.23. The minimum absolute atomic E-state index is 0.00928. The molecular formula is C26H28N4O3. The summed E-state index contributed by atoms with van der Waals surface area (Å²) in [5.74, 6) is 6.88. The van der Waals surface area contributed by atoms with Crippen LogP contribution in [-0.2, 0) is 4.79 Å². The minimum atomic E-state index is -0.296. The lowest BCUT2D eigenvalue weighted by molar-refractivity contribution is -0.159. The lowest BCUT2D eigenvalue weighted by Gasteiger charge is -2.58. The molecule has 7 heteroatoms. The van der Waals surface area contributed by atoms with Gasteiger partial charge in [0.15, 0.2) is 0 Å². The van der Waals surface area contributed by atoms with E-state index >= 15 is 0 Å². The van der Waals surface area contributed by atoms with Gasteiger partial charge in [-0.1, -0.05) is 36.8 Å². The second kappa shape index (κ2) is 9.32. The van der Waals surface area contributed by atoms with Gasteiger partial charge in [-0.25, -0.2) is 4.98 Å². The Morgan fingerprint density at radius 3 is 2.64 bits per heavy atom. The van der Waals surface area contributed by atoms with Crippen LogP contribution in [0.3, 0.4) is 0 Å². The summed E-state index contributed by atoms with van der Waals surface area (Å²) in [4.78, 5) is 37.0. The number of carbonyl (C=O) groups excluding carboxylic acids is 2. The van der Waals surface area contributed by atoms with Crippen LogP contribution >= 0.6 is 0 Å². The Bertz CT molecular complexity index is 1070. The van der Waals surface area contributed by atoms with Gasteiger partial charge in [-0.15, -0.1) is 0 Å². The second-order valence-electron chi connectivity index (χ2n) is 9.20. The molecule has 3 atom stereocenters. The summed E-state index contributed by atoms with van der Waals surface area (Å²) < 4.78 is 0. The number of nitrogens with zero attached hydrogens (tertiary/aromatic N) is 4. The van der Waals surface area contributed by atoms with E-state index in [-0.39, 0.29) is 48.7 Å². The Morgan fingerprint density at radius 2 is 1.94 bits per heavy atom. The number of benzene rings is 1. The van der Waals surface area contributed by atoms with Crippen LogP contribution in [0.25, 0.3) is 0 Å². The molecule has 0 spiro atoms. The molecule has 2 saturated heterocycles. The first-order valence-corrected chi connectivity index (χ1v) is 11.7. The molecule has 0 radical (unpaired) electrons. The summed E-state index contributed by atoms with van der Waals surface area (Å²) in [7, 11) is 0. The lowest BCUT2D eigenvalue weighted by Crippen LogP contribution is -2.73. The maximum absolute atomic E-state index is 12.8. The van der Waals surface area contributed by atoms with Crippen molar-refractivity contribution in [2.24, 2.45) is 5.92 Å². The van der Waals surface area contributed by atoms with E-state index in [0.29, 0.717) is 6.54 Å². The molecule has 170 valence electrons. The third-order valence-corrected chi connectivity index (χ3v) is 7.22. The molecule has 0 bridgehead atoms. The predicted molar refractivity (Wildman–Crippen MR) is 122 cm³/mol. The van der Waals surface area contributed by atoms with E-state index < -0.39 is 0 Å². The van der Waals surface area contributed by atoms with Crippen molar-refractivity contribution in [1.29, 1.82) is 0 Å². The normalized spacial score (nSPS) is 24.6. The molecule has 1 aromatic heterocycles. The van der Waals surface area contributed by atoms with Crippen LogP contribution < -0.4 is 0 Å². The number of rotatable bonds is 4. The van der Waals surface area contributed by atoms with E-state index in [1.54, 1.807) is 4.90 Å². The molecule has 2 aliphatic heterocycles. The fraction of sp³-hybridized carbons (Fsp3) is 0.462. The number of hydrogen-bond acceptors (Lipinski definition) is 5. The van der Waals surface area contributed by atoms with Crippen LogP contribution in [0.4, 0.5) is 0 Å². The first-order valence-electron chi connectivity index (χ1n) is 11.7. The SMILES string of the molecule is O=C(c1cnccn1)N1CC(=O)N2[C@H](C1)[C@@H](c1ccc(C#CCC3CCCC3)cc1)[C@@H]2CO. The highest BCUT2D eigenvalue weighted by Crippen LogP contribution is 2.43. The van der Waals surface area contributed by atoms with Gasteiger partial charge >= 0.3 is 0 Å². The number of piperazine rings is 1. The van der Waals surface area contributed by atoms with Gasteiger partial charge in [-0.3, -0.25) is 14.6 Å². The quantitative estimate of drug-likeness (QED) is 0.731. The smallest absolute Gasteiger partial charge is 0.274 e. The van der Waals surface area contributed by atoms with Gasteiger partial charge in [-0.2, -0.15) is 0 Å². The standard InChI is InChI=1S/C26H28N4O3/c31-17-23-25(20-10-8-19(9-11-20)7-3-6-18-4-1-2-5-18)22-15-29(16-24(32)30(22)23)26(33)21-14-27-12-13-28-21/h8-14,18,22-23,25,31H,1-2,4-6,15-17H2/t22-,23+,25-/m1/s1. The highest BCUT2D eigenvalue weighted by atomic mass is 16.3. The van der Waals surface area contributed by atoms with Crippen molar-refractivity contribution in [3.05, 3.63) is 59.7 Å². The van der Waals surface area contributed by atoms with Gasteiger partial charge in [0, 0.05) is 36.8 Å². The summed E-state index contributed by atoms with van der Waals surface area (Å²) in [6.45, 7) is 0.296. The van der Waals surface area contributed by atoms with Crippen LogP contribution in [-0.4, -0.2) is 68.5 Å². The minimum Gasteiger partial charge on any atom is -0.394 e. The Balaban J connectivity index is 1.30. The summed E-state index contributed by atoms with van der Waals surface area (Å²) >= 11 is 0. The van der Waals surface area contributed by atoms with Crippen LogP contribution in [0, 0.1) is 17.8 Å². The lowest BCUT2D eigenvalue weighted by atomic mass is 9.73. The number of carbonyl (C=O) groups is 2. The summed E-state index contributed by atoms with van der Waals surface area (Å²) in [6.07, 6.45) is 10.6. The molecular weight excluding hydrogens is 416 g/mol. The Morgan fingerprint density at radius 1 is 1.15 bits per heavy atom. The van der Waals surface area contributed by atoms with E-state index in [2.05, 4.69) is 21.8 Å². The third-order valence-electron chi connectivity index (χ3n) is 7.22. The van der Waals surface area contributed by atoms with Crippen molar-refractivity contribution >= 4 is 11.8 Å². The summed E-state index contributed by atoms with van der Waals surface area (Å²) in [6, 6.07) is 7.68. The summed E-state index contributed by atoms with van der Waals surface area (Å²) in [5, 5.41) is 9.99. The van der Waals surface area contributed by atoms with Crippen molar-refractivity contribution in [2.75, 3.05) is 19.7 Å². The average molecular weight is 445 g/mol. The fourth-order valence-corrected chi connectivity index (χ4v) is 5.53. The Hall–Kier alpha value is -3.24. The Kier molecular flexibility index (Phi) is 6.10. The zero-order valence-electron chi connectivity index (χ0n) is 18.6.